The van der Waals surface area contributed by atoms with Crippen LogP contribution in [0.15, 0.2) is 29.2 Å². The zero-order valence-electron chi connectivity index (χ0n) is 11.1. The maximum Gasteiger partial charge on any atom is 0.227 e. The lowest BCUT2D eigenvalue weighted by Gasteiger charge is -2.25. The first-order valence-electron chi connectivity index (χ1n) is 6.66. The normalized spacial score (nSPS) is 22.5. The molecule has 2 atom stereocenters. The van der Waals surface area contributed by atoms with E-state index in [9.17, 15) is 4.79 Å². The minimum atomic E-state index is 0.132. The molecule has 0 saturated heterocycles. The number of rotatable bonds is 3. The van der Waals surface area contributed by atoms with Gasteiger partial charge in [-0.25, -0.2) is 0 Å². The maximum absolute atomic E-state index is 12.2. The Morgan fingerprint density at radius 1 is 1.37 bits per heavy atom. The van der Waals surface area contributed by atoms with Crippen LogP contribution in [0.2, 0.25) is 0 Å². The van der Waals surface area contributed by atoms with Crippen molar-refractivity contribution in [1.29, 1.82) is 5.26 Å². The lowest BCUT2D eigenvalue weighted by molar-refractivity contribution is -0.121. The SMILES string of the molecule is CC1CCCC(C(=O)Nc2ccc(SC#N)cc2)C1. The topological polar surface area (TPSA) is 52.9 Å². The Morgan fingerprint density at radius 3 is 2.74 bits per heavy atom. The molecule has 1 aliphatic rings. The third kappa shape index (κ3) is 4.00. The van der Waals surface area contributed by atoms with Crippen molar-refractivity contribution < 1.29 is 4.79 Å². The van der Waals surface area contributed by atoms with Crippen LogP contribution in [0, 0.1) is 22.5 Å². The fourth-order valence-electron chi connectivity index (χ4n) is 2.58. The highest BCUT2D eigenvalue weighted by atomic mass is 32.2. The number of anilines is 1. The Hall–Kier alpha value is -1.47. The van der Waals surface area contributed by atoms with Crippen molar-refractivity contribution >= 4 is 23.4 Å². The van der Waals surface area contributed by atoms with Gasteiger partial charge in [0.05, 0.1) is 0 Å². The molecule has 1 aromatic rings. The second kappa shape index (κ2) is 6.63. The molecule has 2 rings (SSSR count). The van der Waals surface area contributed by atoms with E-state index < -0.39 is 0 Å². The molecule has 1 amide bonds. The van der Waals surface area contributed by atoms with Crippen molar-refractivity contribution in [2.45, 2.75) is 37.5 Å². The van der Waals surface area contributed by atoms with E-state index in [2.05, 4.69) is 12.2 Å². The number of thioether (sulfide) groups is 1. The van der Waals surface area contributed by atoms with E-state index in [0.29, 0.717) is 5.92 Å². The molecule has 0 spiro atoms. The van der Waals surface area contributed by atoms with Gasteiger partial charge in [0.25, 0.3) is 0 Å². The summed E-state index contributed by atoms with van der Waals surface area (Å²) in [6.07, 6.45) is 4.38. The highest BCUT2D eigenvalue weighted by Gasteiger charge is 2.24. The van der Waals surface area contributed by atoms with Crippen molar-refractivity contribution in [3.63, 3.8) is 0 Å². The van der Waals surface area contributed by atoms with Gasteiger partial charge in [0.15, 0.2) is 0 Å². The molecule has 1 saturated carbocycles. The van der Waals surface area contributed by atoms with Crippen LogP contribution in [-0.4, -0.2) is 5.91 Å². The summed E-state index contributed by atoms with van der Waals surface area (Å²) in [5, 5.41) is 13.6. The van der Waals surface area contributed by atoms with E-state index in [1.807, 2.05) is 29.7 Å². The number of nitrogens with zero attached hydrogens (tertiary/aromatic N) is 1. The second-order valence-electron chi connectivity index (χ2n) is 5.18. The Morgan fingerprint density at radius 2 is 2.11 bits per heavy atom. The van der Waals surface area contributed by atoms with Crippen LogP contribution in [0.3, 0.4) is 0 Å². The molecular weight excluding hydrogens is 256 g/mol. The van der Waals surface area contributed by atoms with Gasteiger partial charge in [-0.1, -0.05) is 19.8 Å². The predicted octanol–water partition coefficient (Wildman–Crippen LogP) is 4.02. The number of amides is 1. The summed E-state index contributed by atoms with van der Waals surface area (Å²) < 4.78 is 0. The molecule has 1 aliphatic carbocycles. The molecule has 0 radical (unpaired) electrons. The van der Waals surface area contributed by atoms with Gasteiger partial charge in [-0.15, -0.1) is 0 Å². The van der Waals surface area contributed by atoms with Gasteiger partial charge in [-0.2, -0.15) is 5.26 Å². The first kappa shape index (κ1) is 14.0. The number of hydrogen-bond donors (Lipinski definition) is 1. The molecule has 3 nitrogen and oxygen atoms in total. The summed E-state index contributed by atoms with van der Waals surface area (Å²) in [6.45, 7) is 2.22. The fraction of sp³-hybridized carbons (Fsp3) is 0.467. The van der Waals surface area contributed by atoms with Crippen LogP contribution in [0.5, 0.6) is 0 Å². The highest BCUT2D eigenvalue weighted by Crippen LogP contribution is 2.29. The van der Waals surface area contributed by atoms with Crippen LogP contribution in [0.4, 0.5) is 5.69 Å². The van der Waals surface area contributed by atoms with Gasteiger partial charge in [0.1, 0.15) is 5.40 Å². The smallest absolute Gasteiger partial charge is 0.227 e. The average molecular weight is 274 g/mol. The summed E-state index contributed by atoms with van der Waals surface area (Å²) in [6, 6.07) is 7.41. The predicted molar refractivity (Wildman–Crippen MR) is 77.7 cm³/mol. The van der Waals surface area contributed by atoms with Gasteiger partial charge in [0, 0.05) is 16.5 Å². The standard InChI is InChI=1S/C15H18N2OS/c1-11-3-2-4-12(9-11)15(18)17-13-5-7-14(8-6-13)19-10-16/h5-8,11-12H,2-4,9H2,1H3,(H,17,18). The summed E-state index contributed by atoms with van der Waals surface area (Å²) in [5.41, 5.74) is 0.811. The molecule has 4 heteroatoms. The van der Waals surface area contributed by atoms with E-state index in [4.69, 9.17) is 5.26 Å². The minimum Gasteiger partial charge on any atom is -0.326 e. The molecule has 0 aromatic heterocycles. The first-order chi connectivity index (χ1) is 9.19. The molecule has 0 aliphatic heterocycles. The zero-order chi connectivity index (χ0) is 13.7. The number of nitriles is 1. The van der Waals surface area contributed by atoms with Gasteiger partial charge in [-0.3, -0.25) is 4.79 Å². The van der Waals surface area contributed by atoms with Gasteiger partial charge >= 0.3 is 0 Å². The fourth-order valence-corrected chi connectivity index (χ4v) is 2.95. The molecule has 19 heavy (non-hydrogen) atoms. The highest BCUT2D eigenvalue weighted by molar-refractivity contribution is 8.03. The van der Waals surface area contributed by atoms with Crippen LogP contribution in [-0.2, 0) is 4.79 Å². The lowest BCUT2D eigenvalue weighted by Crippen LogP contribution is -2.27. The van der Waals surface area contributed by atoms with Crippen LogP contribution in [0.1, 0.15) is 32.6 Å². The van der Waals surface area contributed by atoms with Gasteiger partial charge in [-0.05, 0) is 54.8 Å². The molecule has 0 heterocycles. The summed E-state index contributed by atoms with van der Waals surface area (Å²) in [4.78, 5) is 13.1. The van der Waals surface area contributed by atoms with Crippen molar-refractivity contribution in [3.8, 4) is 5.40 Å². The number of thiocyanates is 1. The van der Waals surface area contributed by atoms with Crippen LogP contribution in [0.25, 0.3) is 0 Å². The number of benzene rings is 1. The van der Waals surface area contributed by atoms with E-state index in [0.717, 1.165) is 41.6 Å². The lowest BCUT2D eigenvalue weighted by atomic mass is 9.82. The Balaban J connectivity index is 1.93. The molecule has 2 unspecified atom stereocenters. The van der Waals surface area contributed by atoms with E-state index in [1.54, 1.807) is 0 Å². The minimum absolute atomic E-state index is 0.132. The van der Waals surface area contributed by atoms with E-state index >= 15 is 0 Å². The third-order valence-corrected chi connectivity index (χ3v) is 4.19. The number of hydrogen-bond acceptors (Lipinski definition) is 3. The molecule has 1 fully saturated rings. The third-order valence-electron chi connectivity index (χ3n) is 3.59. The van der Waals surface area contributed by atoms with Gasteiger partial charge < -0.3 is 5.32 Å². The van der Waals surface area contributed by atoms with E-state index in [1.165, 1.54) is 6.42 Å². The van der Waals surface area contributed by atoms with Crippen molar-refractivity contribution in [3.05, 3.63) is 24.3 Å². The first-order valence-corrected chi connectivity index (χ1v) is 7.47. The Kier molecular flexibility index (Phi) is 4.86. The van der Waals surface area contributed by atoms with Crippen LogP contribution >= 0.6 is 11.8 Å². The summed E-state index contributed by atoms with van der Waals surface area (Å²) in [7, 11) is 0. The number of carbonyl (C=O) groups excluding carboxylic acids is 1. The van der Waals surface area contributed by atoms with E-state index in [-0.39, 0.29) is 11.8 Å². The maximum atomic E-state index is 12.2. The molecular formula is C15H18N2OS. The summed E-state index contributed by atoms with van der Waals surface area (Å²) >= 11 is 1.12. The number of nitrogens with one attached hydrogen (secondary N) is 1. The second-order valence-corrected chi connectivity index (χ2v) is 6.03. The molecule has 100 valence electrons. The quantitative estimate of drug-likeness (QED) is 0.669. The molecule has 0 bridgehead atoms. The number of carbonyl (C=O) groups is 1. The van der Waals surface area contributed by atoms with Crippen molar-refractivity contribution in [2.24, 2.45) is 11.8 Å². The van der Waals surface area contributed by atoms with Crippen molar-refractivity contribution in [2.75, 3.05) is 5.32 Å². The monoisotopic (exact) mass is 274 g/mol. The van der Waals surface area contributed by atoms with Gasteiger partial charge in [0.2, 0.25) is 5.91 Å². The Bertz CT molecular complexity index is 478. The average Bonchev–Trinajstić information content (AvgIpc) is 2.41. The van der Waals surface area contributed by atoms with Crippen LogP contribution < -0.4 is 5.32 Å². The largest absolute Gasteiger partial charge is 0.326 e. The summed E-state index contributed by atoms with van der Waals surface area (Å²) in [5.74, 6) is 0.933. The Labute approximate surface area is 118 Å². The molecule has 1 aromatic carbocycles. The van der Waals surface area contributed by atoms with Crippen molar-refractivity contribution in [1.82, 2.24) is 0 Å². The molecule has 1 N–H and O–H groups in total. The zero-order valence-corrected chi connectivity index (χ0v) is 11.9.